The Kier molecular flexibility index (Phi) is 4.15. The van der Waals surface area contributed by atoms with Gasteiger partial charge in [0.05, 0.1) is 19.9 Å². The summed E-state index contributed by atoms with van der Waals surface area (Å²) < 4.78 is 56.0. The standard InChI is InChI=1S/C13H11ClF3NO4/c1-20-7-10(21-2)12(13(15,16)17)8-5-3-4-6-9(8)18(14)11(19)22-12/h3-7H,1-2H3/b10-7-. The molecule has 1 unspecified atom stereocenters. The minimum absolute atomic E-state index is 0.156. The Hall–Kier alpha value is -2.09. The van der Waals surface area contributed by atoms with Crippen LogP contribution in [0, 0.1) is 0 Å². The first-order valence-corrected chi connectivity index (χ1v) is 6.26. The molecule has 22 heavy (non-hydrogen) atoms. The number of carbonyl (C=O) groups excluding carboxylic acids is 1. The maximum absolute atomic E-state index is 13.8. The Labute approximate surface area is 128 Å². The second kappa shape index (κ2) is 5.60. The molecule has 0 saturated heterocycles. The van der Waals surface area contributed by atoms with Crippen LogP contribution in [0.4, 0.5) is 23.7 Å². The summed E-state index contributed by atoms with van der Waals surface area (Å²) in [6.07, 6.45) is -5.66. The number of amides is 1. The Morgan fingerprint density at radius 3 is 2.55 bits per heavy atom. The molecule has 1 atom stereocenters. The van der Waals surface area contributed by atoms with Gasteiger partial charge >= 0.3 is 12.3 Å². The van der Waals surface area contributed by atoms with Gasteiger partial charge in [-0.25, -0.2) is 4.79 Å². The van der Waals surface area contributed by atoms with Gasteiger partial charge < -0.3 is 14.2 Å². The summed E-state index contributed by atoms with van der Waals surface area (Å²) in [6, 6.07) is 5.22. The predicted molar refractivity (Wildman–Crippen MR) is 71.1 cm³/mol. The van der Waals surface area contributed by atoms with E-state index in [1.807, 2.05) is 0 Å². The highest BCUT2D eigenvalue weighted by Gasteiger charge is 2.67. The maximum Gasteiger partial charge on any atom is 0.440 e. The van der Waals surface area contributed by atoms with Crippen molar-refractivity contribution in [1.82, 2.24) is 0 Å². The number of nitrogens with zero attached hydrogens (tertiary/aromatic N) is 1. The van der Waals surface area contributed by atoms with Crippen LogP contribution in [-0.2, 0) is 19.8 Å². The molecule has 120 valence electrons. The summed E-state index contributed by atoms with van der Waals surface area (Å²) in [5.41, 5.74) is -3.68. The van der Waals surface area contributed by atoms with Crippen molar-refractivity contribution in [1.29, 1.82) is 0 Å². The lowest BCUT2D eigenvalue weighted by Gasteiger charge is -2.41. The number of cyclic esters (lactones) is 1. The van der Waals surface area contributed by atoms with Gasteiger partial charge in [-0.05, 0) is 6.07 Å². The molecule has 0 N–H and O–H groups in total. The number of rotatable bonds is 3. The van der Waals surface area contributed by atoms with Crippen molar-refractivity contribution in [2.75, 3.05) is 18.6 Å². The van der Waals surface area contributed by atoms with E-state index in [1.165, 1.54) is 18.2 Å². The largest absolute Gasteiger partial charge is 0.501 e. The third-order valence-corrected chi connectivity index (χ3v) is 3.41. The van der Waals surface area contributed by atoms with E-state index in [0.29, 0.717) is 4.42 Å². The molecule has 5 nitrogen and oxygen atoms in total. The first-order valence-electron chi connectivity index (χ1n) is 5.92. The zero-order chi connectivity index (χ0) is 16.5. The topological polar surface area (TPSA) is 48.0 Å². The van der Waals surface area contributed by atoms with Crippen LogP contribution < -0.4 is 4.42 Å². The normalized spacial score (nSPS) is 22.0. The van der Waals surface area contributed by atoms with Gasteiger partial charge in [-0.15, -0.1) is 0 Å². The monoisotopic (exact) mass is 337 g/mol. The summed E-state index contributed by atoms with van der Waals surface area (Å²) in [6.45, 7) is 0. The van der Waals surface area contributed by atoms with Crippen LogP contribution >= 0.6 is 11.8 Å². The fourth-order valence-electron chi connectivity index (χ4n) is 2.18. The van der Waals surface area contributed by atoms with Gasteiger partial charge in [-0.2, -0.15) is 17.6 Å². The average Bonchev–Trinajstić information content (AvgIpc) is 2.47. The van der Waals surface area contributed by atoms with Crippen LogP contribution in [0.3, 0.4) is 0 Å². The number of para-hydroxylation sites is 1. The van der Waals surface area contributed by atoms with E-state index >= 15 is 0 Å². The number of methoxy groups -OCH3 is 2. The van der Waals surface area contributed by atoms with E-state index in [1.54, 1.807) is 0 Å². The number of hydrogen-bond acceptors (Lipinski definition) is 4. The molecule has 1 aromatic rings. The molecule has 1 amide bonds. The van der Waals surface area contributed by atoms with Gasteiger partial charge in [-0.1, -0.05) is 18.2 Å². The Morgan fingerprint density at radius 2 is 2.00 bits per heavy atom. The first kappa shape index (κ1) is 16.3. The van der Waals surface area contributed by atoms with Crippen molar-refractivity contribution in [2.24, 2.45) is 0 Å². The molecule has 9 heteroatoms. The van der Waals surface area contributed by atoms with Crippen molar-refractivity contribution in [3.63, 3.8) is 0 Å². The van der Waals surface area contributed by atoms with E-state index in [0.717, 1.165) is 26.5 Å². The number of alkyl halides is 3. The number of fused-ring (bicyclic) bond motifs is 1. The highest BCUT2D eigenvalue weighted by atomic mass is 35.5. The SMILES string of the molecule is CO/C=C(\OC)C1(C(F)(F)F)OC(=O)N(Cl)c2ccccc21. The van der Waals surface area contributed by atoms with E-state index in [-0.39, 0.29) is 11.3 Å². The maximum atomic E-state index is 13.8. The number of benzene rings is 1. The van der Waals surface area contributed by atoms with Crippen LogP contribution in [-0.4, -0.2) is 26.5 Å². The predicted octanol–water partition coefficient (Wildman–Crippen LogP) is 3.69. The molecule has 0 spiro atoms. The zero-order valence-electron chi connectivity index (χ0n) is 11.5. The molecule has 0 aliphatic carbocycles. The fraction of sp³-hybridized carbons (Fsp3) is 0.308. The summed E-state index contributed by atoms with van der Waals surface area (Å²) in [7, 11) is 2.16. The molecule has 0 radical (unpaired) electrons. The lowest BCUT2D eigenvalue weighted by Crippen LogP contribution is -2.53. The molecule has 0 saturated carbocycles. The molecule has 1 aliphatic heterocycles. The molecule has 0 bridgehead atoms. The minimum Gasteiger partial charge on any atom is -0.501 e. The molecule has 1 aromatic carbocycles. The van der Waals surface area contributed by atoms with Crippen LogP contribution in [0.1, 0.15) is 5.56 Å². The molecule has 0 fully saturated rings. The summed E-state index contributed by atoms with van der Waals surface area (Å²) in [5.74, 6) is -0.729. The lowest BCUT2D eigenvalue weighted by atomic mass is 9.88. The molecular formula is C13H11ClF3NO4. The van der Waals surface area contributed by atoms with Crippen molar-refractivity contribution >= 4 is 23.6 Å². The molecule has 2 rings (SSSR count). The van der Waals surface area contributed by atoms with Crippen molar-refractivity contribution < 1.29 is 32.2 Å². The van der Waals surface area contributed by atoms with Crippen molar-refractivity contribution in [3.05, 3.63) is 41.9 Å². The first-order chi connectivity index (χ1) is 10.3. The van der Waals surface area contributed by atoms with E-state index in [9.17, 15) is 18.0 Å². The smallest absolute Gasteiger partial charge is 0.440 e. The van der Waals surface area contributed by atoms with Gasteiger partial charge in [0.15, 0.2) is 5.76 Å². The third kappa shape index (κ3) is 2.23. The Bertz CT molecular complexity index is 620. The number of anilines is 1. The van der Waals surface area contributed by atoms with Crippen molar-refractivity contribution in [2.45, 2.75) is 11.8 Å². The van der Waals surface area contributed by atoms with E-state index in [2.05, 4.69) is 9.47 Å². The van der Waals surface area contributed by atoms with Crippen molar-refractivity contribution in [3.8, 4) is 0 Å². The van der Waals surface area contributed by atoms with Gasteiger partial charge in [0.2, 0.25) is 0 Å². The molecular weight excluding hydrogens is 327 g/mol. The van der Waals surface area contributed by atoms with Gasteiger partial charge in [-0.3, -0.25) is 0 Å². The van der Waals surface area contributed by atoms with E-state index < -0.39 is 23.6 Å². The van der Waals surface area contributed by atoms with Crippen LogP contribution in [0.5, 0.6) is 0 Å². The van der Waals surface area contributed by atoms with E-state index in [4.69, 9.17) is 16.5 Å². The molecule has 1 heterocycles. The Balaban J connectivity index is 2.83. The average molecular weight is 338 g/mol. The minimum atomic E-state index is -5.00. The second-order valence-corrected chi connectivity index (χ2v) is 4.60. The number of ether oxygens (including phenoxy) is 3. The van der Waals surface area contributed by atoms with Crippen LogP contribution in [0.2, 0.25) is 0 Å². The summed E-state index contributed by atoms with van der Waals surface area (Å²) in [5, 5.41) is 0. The zero-order valence-corrected chi connectivity index (χ0v) is 12.2. The second-order valence-electron chi connectivity index (χ2n) is 4.27. The summed E-state index contributed by atoms with van der Waals surface area (Å²) in [4.78, 5) is 11.8. The number of hydrogen-bond donors (Lipinski definition) is 0. The fourth-order valence-corrected chi connectivity index (χ4v) is 2.36. The Morgan fingerprint density at radius 1 is 1.36 bits per heavy atom. The number of halogens is 4. The highest BCUT2D eigenvalue weighted by Crippen LogP contribution is 2.53. The molecule has 1 aliphatic rings. The highest BCUT2D eigenvalue weighted by molar-refractivity contribution is 6.36. The molecule has 0 aromatic heterocycles. The van der Waals surface area contributed by atoms with Gasteiger partial charge in [0, 0.05) is 17.3 Å². The third-order valence-electron chi connectivity index (χ3n) is 3.09. The van der Waals surface area contributed by atoms with Crippen LogP contribution in [0.25, 0.3) is 0 Å². The lowest BCUT2D eigenvalue weighted by molar-refractivity contribution is -0.261. The quantitative estimate of drug-likeness (QED) is 0.623. The number of carbonyl (C=O) groups is 1. The summed E-state index contributed by atoms with van der Waals surface area (Å²) >= 11 is 5.70. The van der Waals surface area contributed by atoms with Crippen LogP contribution in [0.15, 0.2) is 36.3 Å². The van der Waals surface area contributed by atoms with Gasteiger partial charge in [0.25, 0.3) is 5.60 Å². The van der Waals surface area contributed by atoms with Gasteiger partial charge in [0.1, 0.15) is 6.26 Å².